The summed E-state index contributed by atoms with van der Waals surface area (Å²) in [6, 6.07) is 0. The number of rotatable bonds is 0. The topological polar surface area (TPSA) is 6.48 Å². The van der Waals surface area contributed by atoms with Gasteiger partial charge in [-0.3, -0.25) is 4.67 Å². The zero-order valence-electron chi connectivity index (χ0n) is 7.92. The first-order valence-corrected chi connectivity index (χ1v) is 5.40. The largest absolute Gasteiger partial charge is 0.306 e. The van der Waals surface area contributed by atoms with Crippen LogP contribution in [-0.2, 0) is 0 Å². The third-order valence-electron chi connectivity index (χ3n) is 3.52. The molecule has 12 heavy (non-hydrogen) atoms. The quantitative estimate of drug-likeness (QED) is 0.524. The highest BCUT2D eigenvalue weighted by Gasteiger charge is 2.38. The second-order valence-electron chi connectivity index (χ2n) is 4.52. The van der Waals surface area contributed by atoms with Crippen molar-refractivity contribution in [1.82, 2.24) is 9.57 Å². The minimum Gasteiger partial charge on any atom is -0.306 e. The second kappa shape index (κ2) is 3.25. The van der Waals surface area contributed by atoms with Crippen molar-refractivity contribution in [3.63, 3.8) is 0 Å². The van der Waals surface area contributed by atoms with Gasteiger partial charge in [-0.05, 0) is 44.8 Å². The van der Waals surface area contributed by atoms with Crippen molar-refractivity contribution >= 4 is 9.39 Å². The van der Waals surface area contributed by atoms with E-state index in [2.05, 4.69) is 26.0 Å². The Hall–Kier alpha value is 0.350. The van der Waals surface area contributed by atoms with E-state index in [0.717, 1.165) is 0 Å². The van der Waals surface area contributed by atoms with Gasteiger partial charge in [-0.2, -0.15) is 0 Å². The molecular formula is C9H19N2P. The fraction of sp³-hybridized carbons (Fsp3) is 1.00. The Kier molecular flexibility index (Phi) is 2.42. The molecule has 2 aliphatic rings. The minimum absolute atomic E-state index is 0.689. The first kappa shape index (κ1) is 8.93. The van der Waals surface area contributed by atoms with Crippen LogP contribution in [0.15, 0.2) is 0 Å². The van der Waals surface area contributed by atoms with Gasteiger partial charge in [0.15, 0.2) is 0 Å². The summed E-state index contributed by atoms with van der Waals surface area (Å²) in [6.07, 6.45) is 4.24. The molecule has 0 radical (unpaired) electrons. The Balaban J connectivity index is 1.95. The Morgan fingerprint density at radius 1 is 1.08 bits per heavy atom. The molecule has 0 N–H and O–H groups in total. The first-order valence-electron chi connectivity index (χ1n) is 4.88. The minimum atomic E-state index is 0.689. The Morgan fingerprint density at radius 3 is 2.17 bits per heavy atom. The van der Waals surface area contributed by atoms with E-state index in [0.29, 0.717) is 5.41 Å². The Morgan fingerprint density at radius 2 is 1.67 bits per heavy atom. The van der Waals surface area contributed by atoms with Gasteiger partial charge in [0.05, 0.1) is 0 Å². The average molecular weight is 186 g/mol. The van der Waals surface area contributed by atoms with Crippen LogP contribution in [0.4, 0.5) is 0 Å². The number of nitrogens with zero attached hydrogens (tertiary/aromatic N) is 2. The highest BCUT2D eigenvalue weighted by atomic mass is 31.0. The van der Waals surface area contributed by atoms with Gasteiger partial charge in [0, 0.05) is 13.1 Å². The van der Waals surface area contributed by atoms with Crippen molar-refractivity contribution in [2.24, 2.45) is 5.41 Å². The molecule has 2 nitrogen and oxygen atoms in total. The third kappa shape index (κ3) is 1.66. The van der Waals surface area contributed by atoms with E-state index in [1.807, 2.05) is 0 Å². The molecule has 1 unspecified atom stereocenters. The van der Waals surface area contributed by atoms with E-state index in [4.69, 9.17) is 0 Å². The molecule has 1 spiro atoms. The van der Waals surface area contributed by atoms with Crippen molar-refractivity contribution in [3.8, 4) is 0 Å². The summed E-state index contributed by atoms with van der Waals surface area (Å²) in [5.41, 5.74) is 0.689. The second-order valence-corrected chi connectivity index (χ2v) is 5.25. The maximum absolute atomic E-state index is 2.85. The van der Waals surface area contributed by atoms with Gasteiger partial charge >= 0.3 is 0 Å². The fourth-order valence-electron chi connectivity index (χ4n) is 2.47. The Bertz CT molecular complexity index is 164. The van der Waals surface area contributed by atoms with Crippen LogP contribution in [0.5, 0.6) is 0 Å². The van der Waals surface area contributed by atoms with Crippen LogP contribution in [0, 0.1) is 5.41 Å². The third-order valence-corrected chi connectivity index (χ3v) is 3.96. The standard InChI is InChI=1S/C9H19N2P/c1-10-5-2-9(3-6-10)4-7-11(12)8-9/h2-8,12H2,1H3. The number of piperidine rings is 1. The smallest absolute Gasteiger partial charge is 0.00743 e. The van der Waals surface area contributed by atoms with E-state index in [1.54, 1.807) is 0 Å². The zero-order chi connectivity index (χ0) is 8.60. The van der Waals surface area contributed by atoms with Gasteiger partial charge in [-0.25, -0.2) is 0 Å². The molecule has 0 aromatic rings. The van der Waals surface area contributed by atoms with Crippen LogP contribution in [-0.4, -0.2) is 42.8 Å². The Labute approximate surface area is 77.6 Å². The lowest BCUT2D eigenvalue weighted by molar-refractivity contribution is 0.135. The molecule has 2 heterocycles. The molecule has 1 atom stereocenters. The molecule has 2 fully saturated rings. The lowest BCUT2D eigenvalue weighted by Gasteiger charge is -2.37. The van der Waals surface area contributed by atoms with E-state index >= 15 is 0 Å². The van der Waals surface area contributed by atoms with Crippen molar-refractivity contribution in [3.05, 3.63) is 0 Å². The number of likely N-dealkylation sites (tertiary alicyclic amines) is 1. The molecule has 2 aliphatic heterocycles. The van der Waals surface area contributed by atoms with Gasteiger partial charge in [0.25, 0.3) is 0 Å². The van der Waals surface area contributed by atoms with Gasteiger partial charge < -0.3 is 4.90 Å². The molecular weight excluding hydrogens is 167 g/mol. The summed E-state index contributed by atoms with van der Waals surface area (Å²) in [5, 5.41) is 0. The molecule has 0 bridgehead atoms. The summed E-state index contributed by atoms with van der Waals surface area (Å²) in [7, 11) is 5.08. The van der Waals surface area contributed by atoms with E-state index in [1.165, 1.54) is 45.4 Å². The first-order chi connectivity index (χ1) is 5.70. The summed E-state index contributed by atoms with van der Waals surface area (Å²) >= 11 is 0. The highest BCUT2D eigenvalue weighted by Crippen LogP contribution is 2.40. The van der Waals surface area contributed by atoms with Gasteiger partial charge in [0.1, 0.15) is 0 Å². The van der Waals surface area contributed by atoms with Gasteiger partial charge in [-0.15, -0.1) is 0 Å². The molecule has 0 aromatic heterocycles. The predicted molar refractivity (Wildman–Crippen MR) is 55.1 cm³/mol. The molecule has 0 aliphatic carbocycles. The SMILES string of the molecule is CN1CCC2(CC1)CCN(P)C2. The predicted octanol–water partition coefficient (Wildman–Crippen LogP) is 1.19. The molecule has 0 aromatic carbocycles. The van der Waals surface area contributed by atoms with Gasteiger partial charge in [0.2, 0.25) is 0 Å². The highest BCUT2D eigenvalue weighted by molar-refractivity contribution is 7.13. The monoisotopic (exact) mass is 186 g/mol. The normalized spacial score (nSPS) is 31.5. The van der Waals surface area contributed by atoms with Crippen LogP contribution in [0.2, 0.25) is 0 Å². The molecule has 70 valence electrons. The van der Waals surface area contributed by atoms with Gasteiger partial charge in [-0.1, -0.05) is 9.39 Å². The van der Waals surface area contributed by atoms with Crippen molar-refractivity contribution in [2.45, 2.75) is 19.3 Å². The summed E-state index contributed by atoms with van der Waals surface area (Å²) in [5.74, 6) is 0. The summed E-state index contributed by atoms with van der Waals surface area (Å²) in [6.45, 7) is 5.21. The molecule has 2 rings (SSSR count). The number of hydrogen-bond acceptors (Lipinski definition) is 2. The zero-order valence-corrected chi connectivity index (χ0v) is 9.08. The van der Waals surface area contributed by atoms with Crippen LogP contribution in [0.25, 0.3) is 0 Å². The maximum atomic E-state index is 2.85. The van der Waals surface area contributed by atoms with E-state index < -0.39 is 0 Å². The average Bonchev–Trinajstić information content (AvgIpc) is 2.40. The molecule has 0 saturated carbocycles. The van der Waals surface area contributed by atoms with Crippen molar-refractivity contribution < 1.29 is 0 Å². The fourth-order valence-corrected chi connectivity index (χ4v) is 2.99. The van der Waals surface area contributed by atoms with Crippen molar-refractivity contribution in [1.29, 1.82) is 0 Å². The lowest BCUT2D eigenvalue weighted by atomic mass is 9.78. The lowest BCUT2D eigenvalue weighted by Crippen LogP contribution is -2.38. The van der Waals surface area contributed by atoms with Crippen molar-refractivity contribution in [2.75, 3.05) is 33.2 Å². The van der Waals surface area contributed by atoms with Crippen LogP contribution >= 0.6 is 9.39 Å². The molecule has 2 saturated heterocycles. The van der Waals surface area contributed by atoms with E-state index in [9.17, 15) is 0 Å². The summed E-state index contributed by atoms with van der Waals surface area (Å²) in [4.78, 5) is 2.46. The maximum Gasteiger partial charge on any atom is 0.00743 e. The van der Waals surface area contributed by atoms with Crippen LogP contribution < -0.4 is 0 Å². The summed E-state index contributed by atoms with van der Waals surface area (Å²) < 4.78 is 2.41. The molecule has 3 heteroatoms. The van der Waals surface area contributed by atoms with E-state index in [-0.39, 0.29) is 0 Å². The number of hydrogen-bond donors (Lipinski definition) is 0. The van der Waals surface area contributed by atoms with Crippen LogP contribution in [0.3, 0.4) is 0 Å². The molecule has 0 amide bonds. The van der Waals surface area contributed by atoms with Crippen LogP contribution in [0.1, 0.15) is 19.3 Å².